The molecule has 0 bridgehead atoms. The van der Waals surface area contributed by atoms with Crippen LogP contribution < -0.4 is 10.1 Å². The van der Waals surface area contributed by atoms with Crippen LogP contribution >= 0.6 is 0 Å². The Kier molecular flexibility index (Phi) is 8.38. The van der Waals surface area contributed by atoms with Crippen LogP contribution in [-0.4, -0.2) is 48.1 Å². The molecule has 12 heteroatoms. The number of fused-ring (bicyclic) bond motifs is 3. The molecule has 2 atom stereocenters. The van der Waals surface area contributed by atoms with E-state index in [9.17, 15) is 36.3 Å². The van der Waals surface area contributed by atoms with Crippen molar-refractivity contribution in [3.05, 3.63) is 88.7 Å². The number of amides is 2. The second-order valence-corrected chi connectivity index (χ2v) is 10.7. The Balaban J connectivity index is 1.26. The third kappa shape index (κ3) is 5.53. The maximum absolute atomic E-state index is 14.1. The van der Waals surface area contributed by atoms with E-state index in [4.69, 9.17) is 4.74 Å². The number of alkyl carbamates (subject to hydrolysis) is 1. The summed E-state index contributed by atoms with van der Waals surface area (Å²) in [5.41, 5.74) is 4.08. The summed E-state index contributed by atoms with van der Waals surface area (Å²) in [4.78, 5) is 40.3. The first-order chi connectivity index (χ1) is 20.5. The molecule has 1 saturated heterocycles. The van der Waals surface area contributed by atoms with Gasteiger partial charge in [0, 0.05) is 12.5 Å². The molecule has 1 N–H and O–H groups in total. The molecular weight excluding hydrogens is 575 g/mol. The number of likely N-dealkylation sites (tertiary alicyclic amines) is 1. The van der Waals surface area contributed by atoms with Gasteiger partial charge in [0.2, 0.25) is 40.7 Å². The van der Waals surface area contributed by atoms with Gasteiger partial charge in [0.15, 0.2) is 0 Å². The third-order valence-electron chi connectivity index (χ3n) is 7.73. The van der Waals surface area contributed by atoms with Gasteiger partial charge in [-0.25, -0.2) is 22.8 Å². The lowest BCUT2D eigenvalue weighted by Crippen LogP contribution is -2.54. The van der Waals surface area contributed by atoms with Crippen molar-refractivity contribution in [1.29, 1.82) is 0 Å². The molecule has 1 heterocycles. The second kappa shape index (κ2) is 12.0. The highest BCUT2D eigenvalue weighted by atomic mass is 19.2. The van der Waals surface area contributed by atoms with E-state index in [-0.39, 0.29) is 25.5 Å². The standard InChI is InChI=1S/C31H27F5N2O5/c1-15(2)27(37-31(41)42-14-20-18-10-5-3-8-16(18)17-9-4-6-11-19(17)20)29(39)38-13-7-12-21(38)30(40)43-28-25(35)23(33)22(32)24(34)26(28)36/h3-6,8-11,15,20-21,27H,7,12-14H2,1-2H3,(H,37,41)/t21-,27-/m0/s1. The maximum atomic E-state index is 14.1. The monoisotopic (exact) mass is 602 g/mol. The van der Waals surface area contributed by atoms with Gasteiger partial charge in [-0.1, -0.05) is 62.4 Å². The van der Waals surface area contributed by atoms with Crippen molar-refractivity contribution in [2.75, 3.05) is 13.2 Å². The number of carbonyl (C=O) groups excluding carboxylic acids is 3. The highest BCUT2D eigenvalue weighted by Gasteiger charge is 2.41. The van der Waals surface area contributed by atoms with Crippen LogP contribution in [-0.2, 0) is 14.3 Å². The molecule has 0 radical (unpaired) electrons. The van der Waals surface area contributed by atoms with E-state index in [1.54, 1.807) is 13.8 Å². The Morgan fingerprint density at radius 2 is 1.40 bits per heavy atom. The molecule has 0 spiro atoms. The summed E-state index contributed by atoms with van der Waals surface area (Å²) in [6, 6.07) is 13.0. The number of hydrogen-bond donors (Lipinski definition) is 1. The fourth-order valence-corrected chi connectivity index (χ4v) is 5.58. The molecule has 2 amide bonds. The quantitative estimate of drug-likeness (QED) is 0.121. The lowest BCUT2D eigenvalue weighted by molar-refractivity contribution is -0.147. The van der Waals surface area contributed by atoms with Crippen LogP contribution in [0.15, 0.2) is 48.5 Å². The zero-order valence-corrected chi connectivity index (χ0v) is 23.1. The predicted octanol–water partition coefficient (Wildman–Crippen LogP) is 5.84. The van der Waals surface area contributed by atoms with Gasteiger partial charge >= 0.3 is 12.1 Å². The van der Waals surface area contributed by atoms with Crippen LogP contribution in [0.25, 0.3) is 11.1 Å². The van der Waals surface area contributed by atoms with Crippen LogP contribution in [0, 0.1) is 35.0 Å². The van der Waals surface area contributed by atoms with Crippen LogP contribution in [0.1, 0.15) is 43.7 Å². The number of benzene rings is 3. The minimum Gasteiger partial charge on any atom is -0.449 e. The highest BCUT2D eigenvalue weighted by Crippen LogP contribution is 2.44. The maximum Gasteiger partial charge on any atom is 0.407 e. The molecule has 226 valence electrons. The van der Waals surface area contributed by atoms with Gasteiger partial charge in [-0.3, -0.25) is 4.79 Å². The number of ether oxygens (including phenoxy) is 2. The van der Waals surface area contributed by atoms with E-state index >= 15 is 0 Å². The molecule has 7 nitrogen and oxygen atoms in total. The van der Waals surface area contributed by atoms with Gasteiger partial charge in [0.25, 0.3) is 0 Å². The van der Waals surface area contributed by atoms with E-state index in [0.717, 1.165) is 27.2 Å². The molecule has 43 heavy (non-hydrogen) atoms. The van der Waals surface area contributed by atoms with Gasteiger partial charge in [-0.2, -0.15) is 8.78 Å². The summed E-state index contributed by atoms with van der Waals surface area (Å²) in [7, 11) is 0. The first kappa shape index (κ1) is 30.0. The Morgan fingerprint density at radius 3 is 1.95 bits per heavy atom. The number of esters is 1. The van der Waals surface area contributed by atoms with Crippen molar-refractivity contribution in [3.8, 4) is 16.9 Å². The van der Waals surface area contributed by atoms with Crippen LogP contribution in [0.2, 0.25) is 0 Å². The van der Waals surface area contributed by atoms with E-state index in [1.807, 2.05) is 48.5 Å². The van der Waals surface area contributed by atoms with E-state index in [1.165, 1.54) is 0 Å². The largest absolute Gasteiger partial charge is 0.449 e. The zero-order valence-electron chi connectivity index (χ0n) is 23.1. The first-order valence-electron chi connectivity index (χ1n) is 13.7. The molecule has 0 unspecified atom stereocenters. The number of hydrogen-bond acceptors (Lipinski definition) is 5. The summed E-state index contributed by atoms with van der Waals surface area (Å²) in [6.45, 7) is 3.35. The number of rotatable bonds is 7. The Labute approximate surface area is 243 Å². The molecule has 1 fully saturated rings. The fourth-order valence-electron chi connectivity index (χ4n) is 5.58. The van der Waals surface area contributed by atoms with E-state index < -0.39 is 70.8 Å². The molecule has 3 aromatic carbocycles. The van der Waals surface area contributed by atoms with Crippen molar-refractivity contribution in [1.82, 2.24) is 10.2 Å². The smallest absolute Gasteiger partial charge is 0.407 e. The lowest BCUT2D eigenvalue weighted by atomic mass is 9.98. The molecule has 0 aromatic heterocycles. The van der Waals surface area contributed by atoms with E-state index in [2.05, 4.69) is 10.1 Å². The average molecular weight is 603 g/mol. The van der Waals surface area contributed by atoms with Crippen molar-refractivity contribution in [2.24, 2.45) is 5.92 Å². The number of halogens is 5. The van der Waals surface area contributed by atoms with Gasteiger partial charge < -0.3 is 19.7 Å². The Bertz CT molecular complexity index is 1520. The topological polar surface area (TPSA) is 84.9 Å². The van der Waals surface area contributed by atoms with Crippen LogP contribution in [0.4, 0.5) is 26.7 Å². The van der Waals surface area contributed by atoms with Crippen LogP contribution in [0.3, 0.4) is 0 Å². The van der Waals surface area contributed by atoms with Crippen molar-refractivity contribution >= 4 is 18.0 Å². The van der Waals surface area contributed by atoms with Crippen LogP contribution in [0.5, 0.6) is 5.75 Å². The number of carbonyl (C=O) groups is 3. The SMILES string of the molecule is CC(C)[C@H](NC(=O)OCC1c2ccccc2-c2ccccc21)C(=O)N1CCC[C@H]1C(=O)Oc1c(F)c(F)c(F)c(F)c1F. The molecule has 1 aliphatic heterocycles. The van der Waals surface area contributed by atoms with Gasteiger partial charge in [0.1, 0.15) is 18.7 Å². The number of nitrogens with zero attached hydrogens (tertiary/aromatic N) is 1. The minimum absolute atomic E-state index is 0.000547. The van der Waals surface area contributed by atoms with E-state index in [0.29, 0.717) is 6.42 Å². The summed E-state index contributed by atoms with van der Waals surface area (Å²) >= 11 is 0. The Hall–Kier alpha value is -4.48. The van der Waals surface area contributed by atoms with Crippen molar-refractivity contribution in [2.45, 2.75) is 44.7 Å². The number of nitrogens with one attached hydrogen (secondary N) is 1. The zero-order chi connectivity index (χ0) is 31.0. The minimum atomic E-state index is -2.40. The lowest BCUT2D eigenvalue weighted by Gasteiger charge is -2.30. The average Bonchev–Trinajstić information content (AvgIpc) is 3.62. The highest BCUT2D eigenvalue weighted by molar-refractivity contribution is 5.91. The van der Waals surface area contributed by atoms with Gasteiger partial charge in [-0.15, -0.1) is 0 Å². The summed E-state index contributed by atoms with van der Waals surface area (Å²) in [6.07, 6.45) is -0.567. The van der Waals surface area contributed by atoms with Gasteiger partial charge in [0.05, 0.1) is 0 Å². The molecular formula is C31H27F5N2O5. The van der Waals surface area contributed by atoms with Gasteiger partial charge in [-0.05, 0) is 41.0 Å². The summed E-state index contributed by atoms with van der Waals surface area (Å²) in [5, 5.41) is 2.55. The first-order valence-corrected chi connectivity index (χ1v) is 13.7. The normalized spacial score (nSPS) is 16.6. The Morgan fingerprint density at radius 1 is 0.860 bits per heavy atom. The fraction of sp³-hybridized carbons (Fsp3) is 0.323. The van der Waals surface area contributed by atoms with Crippen molar-refractivity contribution in [3.63, 3.8) is 0 Å². The second-order valence-electron chi connectivity index (χ2n) is 10.7. The molecule has 1 aliphatic carbocycles. The predicted molar refractivity (Wildman–Crippen MR) is 143 cm³/mol. The third-order valence-corrected chi connectivity index (χ3v) is 7.73. The molecule has 2 aliphatic rings. The molecule has 3 aromatic rings. The summed E-state index contributed by atoms with van der Waals surface area (Å²) < 4.78 is 78.9. The van der Waals surface area contributed by atoms with Crippen molar-refractivity contribution < 1.29 is 45.8 Å². The molecule has 5 rings (SSSR count). The molecule has 0 saturated carbocycles. The summed E-state index contributed by atoms with van der Waals surface area (Å²) in [5.74, 6) is -16.1.